The molecule has 1 nitrogen and oxygen atoms in total. The van der Waals surface area contributed by atoms with Crippen LogP contribution in [-0.4, -0.2) is 13.1 Å². The Labute approximate surface area is 113 Å². The maximum Gasteiger partial charge on any atom is 0.0821 e. The number of quaternary nitrogens is 1. The molecule has 17 heavy (non-hydrogen) atoms. The minimum atomic E-state index is 0.609. The number of benzene rings is 1. The fourth-order valence-corrected chi connectivity index (χ4v) is 2.88. The summed E-state index contributed by atoms with van der Waals surface area (Å²) in [5, 5.41) is 3.66. The molecule has 1 aromatic carbocycles. The Morgan fingerprint density at radius 1 is 1.35 bits per heavy atom. The van der Waals surface area contributed by atoms with E-state index < -0.39 is 0 Å². The SMILES string of the molecule is C=CC1C[NH2+]CCC1Cc1ccc(Cl)c(Cl)c1. The highest BCUT2D eigenvalue weighted by atomic mass is 35.5. The maximum atomic E-state index is 6.04. The summed E-state index contributed by atoms with van der Waals surface area (Å²) in [6.45, 7) is 6.32. The van der Waals surface area contributed by atoms with Crippen molar-refractivity contribution in [1.29, 1.82) is 0 Å². The van der Waals surface area contributed by atoms with E-state index in [2.05, 4.69) is 24.0 Å². The second kappa shape index (κ2) is 5.90. The third kappa shape index (κ3) is 3.25. The van der Waals surface area contributed by atoms with Gasteiger partial charge in [0.15, 0.2) is 0 Å². The number of rotatable bonds is 3. The van der Waals surface area contributed by atoms with Gasteiger partial charge < -0.3 is 5.32 Å². The maximum absolute atomic E-state index is 6.04. The Bertz CT molecular complexity index is 403. The average Bonchev–Trinajstić information content (AvgIpc) is 2.34. The lowest BCUT2D eigenvalue weighted by molar-refractivity contribution is -0.670. The molecule has 0 saturated carbocycles. The zero-order valence-corrected chi connectivity index (χ0v) is 11.3. The van der Waals surface area contributed by atoms with Gasteiger partial charge in [-0.2, -0.15) is 0 Å². The second-order valence-corrected chi connectivity index (χ2v) is 5.53. The summed E-state index contributed by atoms with van der Waals surface area (Å²) < 4.78 is 0. The molecule has 0 aromatic heterocycles. The molecule has 1 saturated heterocycles. The van der Waals surface area contributed by atoms with Gasteiger partial charge >= 0.3 is 0 Å². The summed E-state index contributed by atoms with van der Waals surface area (Å²) >= 11 is 12.0. The van der Waals surface area contributed by atoms with Crippen LogP contribution in [0.4, 0.5) is 0 Å². The minimum absolute atomic E-state index is 0.609. The summed E-state index contributed by atoms with van der Waals surface area (Å²) in [5.74, 6) is 1.30. The minimum Gasteiger partial charge on any atom is -0.346 e. The average molecular weight is 271 g/mol. The van der Waals surface area contributed by atoms with Crippen molar-refractivity contribution in [2.45, 2.75) is 12.8 Å². The zero-order valence-electron chi connectivity index (χ0n) is 9.83. The number of hydrogen-bond acceptors (Lipinski definition) is 0. The Morgan fingerprint density at radius 2 is 2.18 bits per heavy atom. The summed E-state index contributed by atoms with van der Waals surface area (Å²) in [6.07, 6.45) is 4.41. The van der Waals surface area contributed by atoms with Gasteiger partial charge in [0, 0.05) is 12.3 Å². The molecule has 0 spiro atoms. The molecule has 0 bridgehead atoms. The Kier molecular flexibility index (Phi) is 4.49. The molecule has 0 radical (unpaired) electrons. The fourth-order valence-electron chi connectivity index (χ4n) is 2.56. The van der Waals surface area contributed by atoms with Gasteiger partial charge in [-0.25, -0.2) is 0 Å². The monoisotopic (exact) mass is 270 g/mol. The molecule has 2 unspecified atom stereocenters. The van der Waals surface area contributed by atoms with Crippen LogP contribution >= 0.6 is 23.2 Å². The molecule has 2 N–H and O–H groups in total. The lowest BCUT2D eigenvalue weighted by Gasteiger charge is -2.27. The summed E-state index contributed by atoms with van der Waals surface area (Å²) in [6, 6.07) is 5.95. The van der Waals surface area contributed by atoms with Crippen LogP contribution in [-0.2, 0) is 6.42 Å². The van der Waals surface area contributed by atoms with E-state index in [1.165, 1.54) is 18.5 Å². The molecular weight excluding hydrogens is 253 g/mol. The van der Waals surface area contributed by atoms with Crippen LogP contribution in [0.5, 0.6) is 0 Å². The molecular formula is C14H18Cl2N+. The van der Waals surface area contributed by atoms with E-state index in [1.807, 2.05) is 12.1 Å². The Morgan fingerprint density at radius 3 is 2.88 bits per heavy atom. The van der Waals surface area contributed by atoms with Crippen molar-refractivity contribution in [1.82, 2.24) is 0 Å². The van der Waals surface area contributed by atoms with Gasteiger partial charge in [-0.1, -0.05) is 35.3 Å². The van der Waals surface area contributed by atoms with Crippen LogP contribution in [0, 0.1) is 11.8 Å². The topological polar surface area (TPSA) is 16.6 Å². The highest BCUT2D eigenvalue weighted by Gasteiger charge is 2.25. The molecule has 3 heteroatoms. The van der Waals surface area contributed by atoms with Gasteiger partial charge in [-0.05, 0) is 30.0 Å². The van der Waals surface area contributed by atoms with Crippen LogP contribution in [0.2, 0.25) is 10.0 Å². The normalized spacial score (nSPS) is 24.6. The first-order valence-corrected chi connectivity index (χ1v) is 6.84. The van der Waals surface area contributed by atoms with E-state index in [0.717, 1.165) is 13.0 Å². The number of halogens is 2. The standard InChI is InChI=1S/C14H17Cl2N/c1-2-11-9-17-6-5-12(11)7-10-3-4-13(15)14(16)8-10/h2-4,8,11-12,17H,1,5-7,9H2/p+1. The van der Waals surface area contributed by atoms with Crippen molar-refractivity contribution in [2.24, 2.45) is 11.8 Å². The largest absolute Gasteiger partial charge is 0.346 e. The Hall–Kier alpha value is -0.500. The first-order chi connectivity index (χ1) is 8.20. The first kappa shape index (κ1) is 12.9. The number of piperidine rings is 1. The molecule has 1 heterocycles. The summed E-state index contributed by atoms with van der Waals surface area (Å²) in [4.78, 5) is 0. The summed E-state index contributed by atoms with van der Waals surface area (Å²) in [7, 11) is 0. The lowest BCUT2D eigenvalue weighted by atomic mass is 9.82. The van der Waals surface area contributed by atoms with E-state index in [9.17, 15) is 0 Å². The summed E-state index contributed by atoms with van der Waals surface area (Å²) in [5.41, 5.74) is 1.28. The van der Waals surface area contributed by atoms with Crippen molar-refractivity contribution < 1.29 is 5.32 Å². The van der Waals surface area contributed by atoms with Crippen LogP contribution in [0.15, 0.2) is 30.9 Å². The second-order valence-electron chi connectivity index (χ2n) is 4.71. The van der Waals surface area contributed by atoms with Crippen molar-refractivity contribution in [3.63, 3.8) is 0 Å². The lowest BCUT2D eigenvalue weighted by Crippen LogP contribution is -2.88. The van der Waals surface area contributed by atoms with Crippen LogP contribution in [0.25, 0.3) is 0 Å². The third-order valence-corrected chi connectivity index (χ3v) is 4.31. The smallest absolute Gasteiger partial charge is 0.0821 e. The van der Waals surface area contributed by atoms with E-state index >= 15 is 0 Å². The van der Waals surface area contributed by atoms with E-state index in [0.29, 0.717) is 21.9 Å². The molecule has 2 atom stereocenters. The van der Waals surface area contributed by atoms with Crippen molar-refractivity contribution in [3.8, 4) is 0 Å². The van der Waals surface area contributed by atoms with Gasteiger partial charge in [0.2, 0.25) is 0 Å². The first-order valence-electron chi connectivity index (χ1n) is 6.09. The molecule has 2 rings (SSSR count). The molecule has 1 aliphatic rings. The van der Waals surface area contributed by atoms with E-state index in [1.54, 1.807) is 0 Å². The zero-order chi connectivity index (χ0) is 12.3. The molecule has 0 aliphatic carbocycles. The molecule has 0 amide bonds. The van der Waals surface area contributed by atoms with Gasteiger partial charge in [0.25, 0.3) is 0 Å². The molecule has 92 valence electrons. The van der Waals surface area contributed by atoms with Gasteiger partial charge in [-0.15, -0.1) is 6.58 Å². The third-order valence-electron chi connectivity index (χ3n) is 3.57. The number of nitrogens with two attached hydrogens (primary N) is 1. The van der Waals surface area contributed by atoms with Gasteiger partial charge in [0.05, 0.1) is 23.1 Å². The van der Waals surface area contributed by atoms with Crippen molar-refractivity contribution in [3.05, 3.63) is 46.5 Å². The fraction of sp³-hybridized carbons (Fsp3) is 0.429. The van der Waals surface area contributed by atoms with E-state index in [4.69, 9.17) is 23.2 Å². The quantitative estimate of drug-likeness (QED) is 0.814. The molecule has 1 fully saturated rings. The van der Waals surface area contributed by atoms with Gasteiger partial charge in [-0.3, -0.25) is 0 Å². The van der Waals surface area contributed by atoms with Crippen LogP contribution in [0.1, 0.15) is 12.0 Å². The van der Waals surface area contributed by atoms with Crippen molar-refractivity contribution >= 4 is 23.2 Å². The predicted octanol–water partition coefficient (Wildman–Crippen LogP) is 2.92. The molecule has 1 aliphatic heterocycles. The van der Waals surface area contributed by atoms with Crippen molar-refractivity contribution in [2.75, 3.05) is 13.1 Å². The molecule has 1 aromatic rings. The van der Waals surface area contributed by atoms with E-state index in [-0.39, 0.29) is 0 Å². The number of hydrogen-bond donors (Lipinski definition) is 1. The van der Waals surface area contributed by atoms with Crippen LogP contribution < -0.4 is 5.32 Å². The predicted molar refractivity (Wildman–Crippen MR) is 73.6 cm³/mol. The highest BCUT2D eigenvalue weighted by Crippen LogP contribution is 2.27. The Balaban J connectivity index is 2.08. The highest BCUT2D eigenvalue weighted by molar-refractivity contribution is 6.42. The van der Waals surface area contributed by atoms with Gasteiger partial charge in [0.1, 0.15) is 0 Å². The van der Waals surface area contributed by atoms with Crippen LogP contribution in [0.3, 0.4) is 0 Å².